The molecule has 2 aliphatic carbocycles. The van der Waals surface area contributed by atoms with Crippen molar-refractivity contribution >= 4 is 11.8 Å². The van der Waals surface area contributed by atoms with Crippen LogP contribution in [0.1, 0.15) is 93.4 Å². The first-order valence-corrected chi connectivity index (χ1v) is 18.4. The summed E-state index contributed by atoms with van der Waals surface area (Å²) in [5, 5.41) is 11.4. The number of aliphatic hydroxyl groups excluding tert-OH is 1. The number of hydrogen-bond donors (Lipinski definition) is 1. The Morgan fingerprint density at radius 1 is 1.04 bits per heavy atom. The SMILES string of the molecule is CCCN1C[C@H](C)C[C@@](C)(OC)[C@H](O[C@@H]2O[C@H](C)C[C@H](N(C)C)[C@H]2O)[C@@H](C)C(=O)C(C)(C)C(=O)OC[C@H]1C1CC(N(C)CC2CC2)C1. The van der Waals surface area contributed by atoms with Crippen LogP contribution in [0, 0.1) is 29.1 Å². The van der Waals surface area contributed by atoms with E-state index in [0.717, 1.165) is 38.3 Å². The monoisotopic (exact) mass is 665 g/mol. The van der Waals surface area contributed by atoms with Crippen LogP contribution in [0.2, 0.25) is 0 Å². The summed E-state index contributed by atoms with van der Waals surface area (Å²) in [7, 11) is 7.80. The number of ketones is 1. The number of Topliss-reactive ketones (excluding diaryl/α,β-unsaturated/α-hetero) is 1. The summed E-state index contributed by atoms with van der Waals surface area (Å²) in [4.78, 5) is 35.2. The van der Waals surface area contributed by atoms with Gasteiger partial charge in [0.05, 0.1) is 17.8 Å². The van der Waals surface area contributed by atoms with E-state index in [9.17, 15) is 14.7 Å². The van der Waals surface area contributed by atoms with E-state index in [1.807, 2.05) is 39.8 Å². The van der Waals surface area contributed by atoms with Crippen molar-refractivity contribution in [2.24, 2.45) is 29.1 Å². The van der Waals surface area contributed by atoms with Crippen molar-refractivity contribution in [1.29, 1.82) is 0 Å². The Balaban J connectivity index is 1.63. The number of likely N-dealkylation sites (N-methyl/N-ethyl adjacent to an activating group) is 1. The lowest BCUT2D eigenvalue weighted by Gasteiger charge is -2.49. The highest BCUT2D eigenvalue weighted by Gasteiger charge is 2.52. The Hall–Kier alpha value is -1.14. The number of cyclic esters (lactones) is 1. The zero-order chi connectivity index (χ0) is 34.8. The second kappa shape index (κ2) is 15.8. The zero-order valence-electron chi connectivity index (χ0n) is 31.4. The summed E-state index contributed by atoms with van der Waals surface area (Å²) in [6, 6.07) is 0.498. The Morgan fingerprint density at radius 3 is 2.28 bits per heavy atom. The van der Waals surface area contributed by atoms with Crippen LogP contribution in [-0.2, 0) is 28.5 Å². The Kier molecular flexibility index (Phi) is 13.0. The molecular formula is C37H67N3O7. The summed E-state index contributed by atoms with van der Waals surface area (Å²) in [5.41, 5.74) is -2.30. The average molecular weight is 666 g/mol. The molecule has 0 aromatic heterocycles. The number of hydrogen-bond acceptors (Lipinski definition) is 10. The maximum absolute atomic E-state index is 14.3. The predicted molar refractivity (Wildman–Crippen MR) is 183 cm³/mol. The molecule has 272 valence electrons. The van der Waals surface area contributed by atoms with E-state index >= 15 is 0 Å². The van der Waals surface area contributed by atoms with E-state index in [4.69, 9.17) is 18.9 Å². The highest BCUT2D eigenvalue weighted by molar-refractivity contribution is 6.04. The topological polar surface area (TPSA) is 101 Å². The third kappa shape index (κ3) is 8.97. The third-order valence-corrected chi connectivity index (χ3v) is 11.8. The predicted octanol–water partition coefficient (Wildman–Crippen LogP) is 4.22. The van der Waals surface area contributed by atoms with Crippen molar-refractivity contribution in [3.8, 4) is 0 Å². The molecule has 0 bridgehead atoms. The van der Waals surface area contributed by atoms with Gasteiger partial charge in [-0.2, -0.15) is 0 Å². The molecule has 9 atom stereocenters. The summed E-state index contributed by atoms with van der Waals surface area (Å²) < 4.78 is 25.3. The van der Waals surface area contributed by atoms with Gasteiger partial charge >= 0.3 is 5.97 Å². The van der Waals surface area contributed by atoms with Gasteiger partial charge in [0.1, 0.15) is 18.1 Å². The molecule has 0 unspecified atom stereocenters. The number of carbonyl (C=O) groups excluding carboxylic acids is 2. The lowest BCUT2D eigenvalue weighted by atomic mass is 9.74. The molecule has 4 rings (SSSR count). The summed E-state index contributed by atoms with van der Waals surface area (Å²) in [5.74, 6) is -0.0318. The summed E-state index contributed by atoms with van der Waals surface area (Å²) >= 11 is 0. The first-order chi connectivity index (χ1) is 22.0. The molecule has 2 aliphatic heterocycles. The first kappa shape index (κ1) is 38.7. The normalized spacial score (nSPS) is 41.1. The second-order valence-electron chi connectivity index (χ2n) is 16.7. The molecule has 4 fully saturated rings. The van der Waals surface area contributed by atoms with Gasteiger partial charge in [0.15, 0.2) is 12.1 Å². The Bertz CT molecular complexity index is 1050. The van der Waals surface area contributed by atoms with E-state index in [0.29, 0.717) is 24.8 Å². The second-order valence-corrected chi connectivity index (χ2v) is 16.7. The smallest absolute Gasteiger partial charge is 0.319 e. The molecule has 47 heavy (non-hydrogen) atoms. The zero-order valence-corrected chi connectivity index (χ0v) is 31.4. The molecule has 10 nitrogen and oxygen atoms in total. The van der Waals surface area contributed by atoms with Gasteiger partial charge in [-0.3, -0.25) is 14.5 Å². The molecule has 0 aromatic rings. The maximum atomic E-state index is 14.3. The molecule has 4 aliphatic rings. The molecule has 0 amide bonds. The van der Waals surface area contributed by atoms with Crippen LogP contribution in [0.3, 0.4) is 0 Å². The van der Waals surface area contributed by atoms with E-state index in [2.05, 4.69) is 30.7 Å². The first-order valence-electron chi connectivity index (χ1n) is 18.4. The molecule has 2 saturated heterocycles. The van der Waals surface area contributed by atoms with Gasteiger partial charge in [-0.25, -0.2) is 0 Å². The quantitative estimate of drug-likeness (QED) is 0.270. The van der Waals surface area contributed by atoms with Gasteiger partial charge in [-0.05, 0) is 118 Å². The van der Waals surface area contributed by atoms with Crippen LogP contribution in [-0.4, -0.2) is 134 Å². The molecule has 0 aromatic carbocycles. The Labute approximate surface area is 285 Å². The number of esters is 1. The molecule has 2 saturated carbocycles. The van der Waals surface area contributed by atoms with Crippen molar-refractivity contribution in [1.82, 2.24) is 14.7 Å². The molecule has 0 radical (unpaired) electrons. The molecule has 10 heteroatoms. The number of aliphatic hydroxyl groups is 1. The minimum absolute atomic E-state index is 0.0899. The van der Waals surface area contributed by atoms with Gasteiger partial charge in [-0.1, -0.05) is 20.8 Å². The van der Waals surface area contributed by atoms with Crippen molar-refractivity contribution in [3.63, 3.8) is 0 Å². The van der Waals surface area contributed by atoms with E-state index < -0.39 is 41.4 Å². The number of rotatable bonds is 10. The van der Waals surface area contributed by atoms with Crippen molar-refractivity contribution in [2.45, 2.75) is 142 Å². The van der Waals surface area contributed by atoms with Crippen molar-refractivity contribution < 1.29 is 33.6 Å². The van der Waals surface area contributed by atoms with Crippen LogP contribution >= 0.6 is 0 Å². The van der Waals surface area contributed by atoms with Crippen LogP contribution in [0.5, 0.6) is 0 Å². The lowest BCUT2D eigenvalue weighted by Crippen LogP contribution is -2.59. The summed E-state index contributed by atoms with van der Waals surface area (Å²) in [6.07, 6.45) is 4.39. The number of carbonyl (C=O) groups is 2. The fourth-order valence-electron chi connectivity index (χ4n) is 8.59. The molecule has 2 heterocycles. The van der Waals surface area contributed by atoms with E-state index in [-0.39, 0.29) is 36.5 Å². The van der Waals surface area contributed by atoms with Crippen molar-refractivity contribution in [2.75, 3.05) is 54.5 Å². The summed E-state index contributed by atoms with van der Waals surface area (Å²) in [6.45, 7) is 16.7. The number of nitrogens with zero attached hydrogens (tertiary/aromatic N) is 3. The van der Waals surface area contributed by atoms with Crippen LogP contribution < -0.4 is 0 Å². The van der Waals surface area contributed by atoms with Crippen molar-refractivity contribution in [3.05, 3.63) is 0 Å². The van der Waals surface area contributed by atoms with E-state index in [1.54, 1.807) is 21.0 Å². The van der Waals surface area contributed by atoms with Gasteiger partial charge in [0.2, 0.25) is 0 Å². The highest BCUT2D eigenvalue weighted by Crippen LogP contribution is 2.41. The fraction of sp³-hybridized carbons (Fsp3) is 0.946. The largest absolute Gasteiger partial charge is 0.463 e. The van der Waals surface area contributed by atoms with Crippen LogP contribution in [0.25, 0.3) is 0 Å². The molecule has 0 spiro atoms. The van der Waals surface area contributed by atoms with Gasteiger partial charge in [0.25, 0.3) is 0 Å². The minimum atomic E-state index is -1.40. The van der Waals surface area contributed by atoms with Gasteiger partial charge in [-0.15, -0.1) is 0 Å². The number of ether oxygens (including phenoxy) is 4. The van der Waals surface area contributed by atoms with Crippen LogP contribution in [0.15, 0.2) is 0 Å². The Morgan fingerprint density at radius 2 is 1.70 bits per heavy atom. The number of methoxy groups -OCH3 is 1. The van der Waals surface area contributed by atoms with E-state index in [1.165, 1.54) is 19.4 Å². The third-order valence-electron chi connectivity index (χ3n) is 11.8. The lowest BCUT2D eigenvalue weighted by molar-refractivity contribution is -0.295. The molecule has 1 N–H and O–H groups in total. The van der Waals surface area contributed by atoms with Gasteiger partial charge in [0, 0.05) is 44.2 Å². The van der Waals surface area contributed by atoms with Crippen LogP contribution in [0.4, 0.5) is 0 Å². The fourth-order valence-corrected chi connectivity index (χ4v) is 8.59. The maximum Gasteiger partial charge on any atom is 0.319 e. The van der Waals surface area contributed by atoms with Gasteiger partial charge < -0.3 is 33.9 Å². The highest BCUT2D eigenvalue weighted by atomic mass is 16.7. The minimum Gasteiger partial charge on any atom is -0.463 e. The standard InChI is InChI=1S/C37H67N3O7/c1-12-15-40-20-23(2)19-37(7,44-11)33(47-34-31(41)29(38(8)9)16-24(3)46-34)25(4)32(42)36(5,6)35(43)45-22-30(40)27-17-28(18-27)39(10)21-26-13-14-26/h23-31,33-34,41H,12-22H2,1-11H3/t23-,24-,25+,27?,28?,29+,30+,31-,33-,34+,37-/m1/s1. The molecular weight excluding hydrogens is 598 g/mol. The average Bonchev–Trinajstić information content (AvgIpc) is 3.80.